The van der Waals surface area contributed by atoms with Crippen LogP contribution >= 0.6 is 12.4 Å². The van der Waals surface area contributed by atoms with Crippen LogP contribution in [0.1, 0.15) is 27.2 Å². The predicted octanol–water partition coefficient (Wildman–Crippen LogP) is 4.37. The van der Waals surface area contributed by atoms with Crippen LogP contribution in [0, 0.1) is 20.8 Å². The summed E-state index contributed by atoms with van der Waals surface area (Å²) in [4.78, 5) is 12.6. The number of carbonyl (C=O) groups excluding carboxylic acids is 1. The van der Waals surface area contributed by atoms with Crippen LogP contribution in [-0.4, -0.2) is 19.1 Å². The Bertz CT molecular complexity index is 917. The molecule has 26 heavy (non-hydrogen) atoms. The Kier molecular flexibility index (Phi) is 6.29. The van der Waals surface area contributed by atoms with Crippen molar-refractivity contribution >= 4 is 35.0 Å². The van der Waals surface area contributed by atoms with Gasteiger partial charge in [0, 0.05) is 23.2 Å². The molecule has 3 rings (SSSR count). The van der Waals surface area contributed by atoms with Gasteiger partial charge in [0.05, 0.1) is 0 Å². The van der Waals surface area contributed by atoms with Crippen LogP contribution in [0.15, 0.2) is 40.8 Å². The lowest BCUT2D eigenvalue weighted by molar-refractivity contribution is 0.0998. The summed E-state index contributed by atoms with van der Waals surface area (Å²) >= 11 is 0. The molecule has 0 unspecified atom stereocenters. The predicted molar refractivity (Wildman–Crippen MR) is 107 cm³/mol. The summed E-state index contributed by atoms with van der Waals surface area (Å²) in [6.45, 7) is 6.83. The first-order valence-corrected chi connectivity index (χ1v) is 8.25. The Hall–Kier alpha value is -2.50. The minimum Gasteiger partial charge on any atom is -0.492 e. The number of carbonyl (C=O) groups is 1. The van der Waals surface area contributed by atoms with Crippen molar-refractivity contribution in [3.8, 4) is 5.75 Å². The summed E-state index contributed by atoms with van der Waals surface area (Å²) < 4.78 is 11.3. The number of amides is 1. The van der Waals surface area contributed by atoms with Crippen LogP contribution in [0.25, 0.3) is 11.0 Å². The molecule has 0 aliphatic carbocycles. The van der Waals surface area contributed by atoms with Crippen LogP contribution in [0.4, 0.5) is 5.69 Å². The molecule has 3 aromatic rings. The molecule has 0 fully saturated rings. The molecule has 0 saturated carbocycles. The number of nitrogens with one attached hydrogen (secondary N) is 1. The maximum atomic E-state index is 12.6. The fraction of sp³-hybridized carbons (Fsp3) is 0.250. The maximum Gasteiger partial charge on any atom is 0.291 e. The highest BCUT2D eigenvalue weighted by Crippen LogP contribution is 2.31. The zero-order valence-corrected chi connectivity index (χ0v) is 15.9. The van der Waals surface area contributed by atoms with E-state index >= 15 is 0 Å². The van der Waals surface area contributed by atoms with E-state index in [1.165, 1.54) is 0 Å². The number of furan rings is 1. The van der Waals surface area contributed by atoms with Crippen molar-refractivity contribution in [2.24, 2.45) is 5.73 Å². The molecule has 2 aromatic carbocycles. The Labute approximate surface area is 158 Å². The van der Waals surface area contributed by atoms with Gasteiger partial charge in [0.15, 0.2) is 5.76 Å². The van der Waals surface area contributed by atoms with Crippen molar-refractivity contribution in [2.45, 2.75) is 20.8 Å². The number of benzene rings is 2. The monoisotopic (exact) mass is 374 g/mol. The summed E-state index contributed by atoms with van der Waals surface area (Å²) in [6, 6.07) is 11.2. The minimum atomic E-state index is -0.261. The molecule has 138 valence electrons. The van der Waals surface area contributed by atoms with Crippen molar-refractivity contribution in [1.82, 2.24) is 0 Å². The average Bonchev–Trinajstić information content (AvgIpc) is 2.96. The molecule has 0 radical (unpaired) electrons. The van der Waals surface area contributed by atoms with Crippen molar-refractivity contribution in [3.63, 3.8) is 0 Å². The van der Waals surface area contributed by atoms with Crippen molar-refractivity contribution < 1.29 is 13.9 Å². The SMILES string of the molecule is Cc1ccc(C)c2c(C)c(C(=O)Nc3ccc(OCCN)cc3)oc12.Cl. The molecule has 0 saturated heterocycles. The van der Waals surface area contributed by atoms with Crippen LogP contribution < -0.4 is 15.8 Å². The third-order valence-corrected chi connectivity index (χ3v) is 4.19. The Morgan fingerprint density at radius 3 is 2.35 bits per heavy atom. The molecule has 0 aliphatic rings. The van der Waals surface area contributed by atoms with E-state index in [1.807, 2.05) is 32.9 Å². The van der Waals surface area contributed by atoms with E-state index in [2.05, 4.69) is 5.32 Å². The molecule has 3 N–H and O–H groups in total. The van der Waals surface area contributed by atoms with E-state index in [4.69, 9.17) is 14.9 Å². The van der Waals surface area contributed by atoms with Crippen molar-refractivity contribution in [2.75, 3.05) is 18.5 Å². The number of nitrogens with two attached hydrogens (primary N) is 1. The van der Waals surface area contributed by atoms with Crippen LogP contribution in [0.5, 0.6) is 5.75 Å². The molecular weight excluding hydrogens is 352 g/mol. The standard InChI is InChI=1S/C20H22N2O3.ClH/c1-12-4-5-13(2)18-17(12)14(3)19(25-18)20(23)22-15-6-8-16(9-7-15)24-11-10-21;/h4-9H,10-11,21H2,1-3H3,(H,22,23);1H. The highest BCUT2D eigenvalue weighted by atomic mass is 35.5. The quantitative estimate of drug-likeness (QED) is 0.695. The smallest absolute Gasteiger partial charge is 0.291 e. The van der Waals surface area contributed by atoms with Crippen molar-refractivity contribution in [3.05, 3.63) is 58.8 Å². The third kappa shape index (κ3) is 3.84. The molecule has 1 amide bonds. The molecule has 0 aliphatic heterocycles. The van der Waals surface area contributed by atoms with Gasteiger partial charge in [-0.05, 0) is 56.2 Å². The number of anilines is 1. The number of rotatable bonds is 5. The molecule has 0 spiro atoms. The van der Waals surface area contributed by atoms with Gasteiger partial charge in [-0.3, -0.25) is 4.79 Å². The molecule has 1 aromatic heterocycles. The molecular formula is C20H23ClN2O3. The van der Waals surface area contributed by atoms with Gasteiger partial charge in [-0.15, -0.1) is 12.4 Å². The largest absolute Gasteiger partial charge is 0.492 e. The Morgan fingerprint density at radius 1 is 1.08 bits per heavy atom. The second-order valence-corrected chi connectivity index (χ2v) is 6.08. The van der Waals surface area contributed by atoms with E-state index in [-0.39, 0.29) is 18.3 Å². The molecule has 6 heteroatoms. The van der Waals surface area contributed by atoms with E-state index < -0.39 is 0 Å². The van der Waals surface area contributed by atoms with E-state index in [0.29, 0.717) is 24.6 Å². The second-order valence-electron chi connectivity index (χ2n) is 6.08. The summed E-state index contributed by atoms with van der Waals surface area (Å²) in [5.41, 5.74) is 9.84. The fourth-order valence-electron chi connectivity index (χ4n) is 2.89. The highest BCUT2D eigenvalue weighted by Gasteiger charge is 2.20. The number of hydrogen-bond acceptors (Lipinski definition) is 4. The zero-order chi connectivity index (χ0) is 18.0. The second kappa shape index (κ2) is 8.25. The van der Waals surface area contributed by atoms with Gasteiger partial charge in [-0.1, -0.05) is 12.1 Å². The lowest BCUT2D eigenvalue weighted by Gasteiger charge is -2.07. The number of hydrogen-bond donors (Lipinski definition) is 2. The summed E-state index contributed by atoms with van der Waals surface area (Å²) in [5, 5.41) is 3.88. The van der Waals surface area contributed by atoms with Crippen LogP contribution in [0.3, 0.4) is 0 Å². The Morgan fingerprint density at radius 2 is 1.73 bits per heavy atom. The Balaban J connectivity index is 0.00000243. The van der Waals surface area contributed by atoms with Crippen LogP contribution in [0.2, 0.25) is 0 Å². The first-order chi connectivity index (χ1) is 12.0. The topological polar surface area (TPSA) is 77.5 Å². The summed E-state index contributed by atoms with van der Waals surface area (Å²) in [7, 11) is 0. The molecule has 1 heterocycles. The van der Waals surface area contributed by atoms with Gasteiger partial charge in [0.25, 0.3) is 5.91 Å². The van der Waals surface area contributed by atoms with E-state index in [1.54, 1.807) is 24.3 Å². The number of fused-ring (bicyclic) bond motifs is 1. The molecule has 0 atom stereocenters. The summed E-state index contributed by atoms with van der Waals surface area (Å²) in [5.74, 6) is 0.800. The van der Waals surface area contributed by atoms with E-state index in [9.17, 15) is 4.79 Å². The van der Waals surface area contributed by atoms with Gasteiger partial charge in [0.2, 0.25) is 0 Å². The normalized spacial score (nSPS) is 10.5. The van der Waals surface area contributed by atoms with E-state index in [0.717, 1.165) is 33.4 Å². The number of ether oxygens (including phenoxy) is 1. The number of halogens is 1. The molecule has 5 nitrogen and oxygen atoms in total. The van der Waals surface area contributed by atoms with Gasteiger partial charge < -0.3 is 20.2 Å². The highest BCUT2D eigenvalue weighted by molar-refractivity contribution is 6.07. The summed E-state index contributed by atoms with van der Waals surface area (Å²) in [6.07, 6.45) is 0. The van der Waals surface area contributed by atoms with Crippen LogP contribution in [-0.2, 0) is 0 Å². The van der Waals surface area contributed by atoms with Crippen molar-refractivity contribution in [1.29, 1.82) is 0 Å². The third-order valence-electron chi connectivity index (χ3n) is 4.19. The first-order valence-electron chi connectivity index (χ1n) is 8.25. The van der Waals surface area contributed by atoms with Gasteiger partial charge >= 0.3 is 0 Å². The minimum absolute atomic E-state index is 0. The van der Waals surface area contributed by atoms with Gasteiger partial charge in [0.1, 0.15) is 17.9 Å². The lowest BCUT2D eigenvalue weighted by atomic mass is 10.0. The van der Waals surface area contributed by atoms with Gasteiger partial charge in [-0.2, -0.15) is 0 Å². The molecule has 0 bridgehead atoms. The lowest BCUT2D eigenvalue weighted by Crippen LogP contribution is -2.12. The maximum absolute atomic E-state index is 12.6. The number of aryl methyl sites for hydroxylation is 3. The average molecular weight is 375 g/mol. The fourth-order valence-corrected chi connectivity index (χ4v) is 2.89. The van der Waals surface area contributed by atoms with Gasteiger partial charge in [-0.25, -0.2) is 0 Å². The zero-order valence-electron chi connectivity index (χ0n) is 15.1. The first kappa shape index (κ1) is 19.8.